The van der Waals surface area contributed by atoms with Crippen molar-refractivity contribution in [1.82, 2.24) is 5.32 Å². The highest BCUT2D eigenvalue weighted by Gasteiger charge is 2.34. The van der Waals surface area contributed by atoms with Crippen molar-refractivity contribution in [3.8, 4) is 0 Å². The molecule has 22 heavy (non-hydrogen) atoms. The number of aliphatic hydroxyl groups is 1. The minimum Gasteiger partial charge on any atom is -0.383 e. The van der Waals surface area contributed by atoms with E-state index in [0.717, 1.165) is 42.8 Å². The Labute approximate surface area is 136 Å². The van der Waals surface area contributed by atoms with Crippen molar-refractivity contribution in [2.75, 3.05) is 18.1 Å². The summed E-state index contributed by atoms with van der Waals surface area (Å²) in [5.74, 6) is 2.14. The molecule has 2 aliphatic rings. The molecular weight excluding hydrogens is 294 g/mol. The molecule has 1 atom stereocenters. The number of carbonyl (C=O) groups excluding carboxylic acids is 1. The molecule has 4 heteroatoms. The summed E-state index contributed by atoms with van der Waals surface area (Å²) in [6.07, 6.45) is 6.42. The van der Waals surface area contributed by atoms with Gasteiger partial charge in [-0.2, -0.15) is 11.8 Å². The maximum atomic E-state index is 12.1. The number of benzene rings is 1. The van der Waals surface area contributed by atoms with Gasteiger partial charge in [-0.1, -0.05) is 29.8 Å². The maximum absolute atomic E-state index is 12.1. The van der Waals surface area contributed by atoms with Crippen molar-refractivity contribution in [2.24, 2.45) is 0 Å². The first-order valence-electron chi connectivity index (χ1n) is 8.03. The van der Waals surface area contributed by atoms with E-state index in [9.17, 15) is 9.90 Å². The van der Waals surface area contributed by atoms with Gasteiger partial charge < -0.3 is 10.4 Å². The summed E-state index contributed by atoms with van der Waals surface area (Å²) in [6.45, 7) is 0.293. The molecule has 0 bridgehead atoms. The lowest BCUT2D eigenvalue weighted by molar-refractivity contribution is -0.118. The molecule has 1 heterocycles. The van der Waals surface area contributed by atoms with E-state index in [-0.39, 0.29) is 5.91 Å². The summed E-state index contributed by atoms with van der Waals surface area (Å²) in [6, 6.07) is 8.02. The molecule has 1 aliphatic carbocycles. The number of rotatable bonds is 3. The van der Waals surface area contributed by atoms with Gasteiger partial charge in [-0.15, -0.1) is 0 Å². The minimum absolute atomic E-state index is 0.0709. The summed E-state index contributed by atoms with van der Waals surface area (Å²) in [7, 11) is 0. The van der Waals surface area contributed by atoms with E-state index in [1.54, 1.807) is 6.08 Å². The molecule has 0 aromatic heterocycles. The van der Waals surface area contributed by atoms with Crippen LogP contribution in [0.1, 0.15) is 36.8 Å². The first-order valence-corrected chi connectivity index (χ1v) is 9.19. The van der Waals surface area contributed by atoms with Gasteiger partial charge in [0.05, 0.1) is 6.54 Å². The first kappa shape index (κ1) is 15.6. The Morgan fingerprint density at radius 3 is 2.86 bits per heavy atom. The van der Waals surface area contributed by atoms with Gasteiger partial charge in [0.25, 0.3) is 0 Å². The van der Waals surface area contributed by atoms with E-state index in [1.165, 1.54) is 11.1 Å². The van der Waals surface area contributed by atoms with Crippen molar-refractivity contribution in [1.29, 1.82) is 0 Å². The number of hydrogen-bond donors (Lipinski definition) is 2. The Bertz CT molecular complexity index is 576. The van der Waals surface area contributed by atoms with Crippen LogP contribution in [0.3, 0.4) is 0 Å². The van der Waals surface area contributed by atoms with Gasteiger partial charge in [-0.3, -0.25) is 4.79 Å². The molecule has 1 aliphatic heterocycles. The number of thioether (sulfide) groups is 1. The molecule has 0 saturated carbocycles. The number of allylic oxidation sites excluding steroid dienone is 1. The van der Waals surface area contributed by atoms with E-state index in [2.05, 4.69) is 11.4 Å². The molecule has 1 aromatic carbocycles. The standard InChI is InChI=1S/C18H23NO2S/c20-17(12-14-7-10-22-11-8-14)19-13-18(21)9-3-5-15-4-1-2-6-16(15)18/h1-2,4,6,12,21H,3,5,7-11,13H2,(H,19,20). The van der Waals surface area contributed by atoms with Crippen LogP contribution in [0.4, 0.5) is 0 Å². The third-order valence-electron chi connectivity index (χ3n) is 4.58. The lowest BCUT2D eigenvalue weighted by Gasteiger charge is -2.34. The zero-order valence-electron chi connectivity index (χ0n) is 12.8. The van der Waals surface area contributed by atoms with Gasteiger partial charge in [0.15, 0.2) is 0 Å². The zero-order valence-corrected chi connectivity index (χ0v) is 13.6. The van der Waals surface area contributed by atoms with Crippen molar-refractivity contribution >= 4 is 17.7 Å². The Morgan fingerprint density at radius 2 is 2.05 bits per heavy atom. The molecular formula is C18H23NO2S. The molecule has 3 nitrogen and oxygen atoms in total. The average Bonchev–Trinajstić information content (AvgIpc) is 2.55. The number of amides is 1. The van der Waals surface area contributed by atoms with Crippen LogP contribution in [-0.2, 0) is 16.8 Å². The van der Waals surface area contributed by atoms with Gasteiger partial charge in [-0.25, -0.2) is 0 Å². The van der Waals surface area contributed by atoms with Crippen LogP contribution in [0.2, 0.25) is 0 Å². The Kier molecular flexibility index (Phi) is 4.89. The van der Waals surface area contributed by atoms with Crippen LogP contribution in [0, 0.1) is 0 Å². The largest absolute Gasteiger partial charge is 0.383 e. The van der Waals surface area contributed by atoms with Crippen LogP contribution >= 0.6 is 11.8 Å². The highest BCUT2D eigenvalue weighted by molar-refractivity contribution is 7.99. The van der Waals surface area contributed by atoms with Gasteiger partial charge in [0, 0.05) is 6.08 Å². The van der Waals surface area contributed by atoms with Gasteiger partial charge in [0.1, 0.15) is 5.60 Å². The predicted molar refractivity (Wildman–Crippen MR) is 90.9 cm³/mol. The molecule has 3 rings (SSSR count). The quantitative estimate of drug-likeness (QED) is 0.843. The molecule has 1 aromatic rings. The van der Waals surface area contributed by atoms with E-state index in [1.807, 2.05) is 30.0 Å². The van der Waals surface area contributed by atoms with Crippen molar-refractivity contribution in [3.05, 3.63) is 47.0 Å². The molecule has 118 valence electrons. The van der Waals surface area contributed by atoms with Crippen molar-refractivity contribution in [3.63, 3.8) is 0 Å². The summed E-state index contributed by atoms with van der Waals surface area (Å²) in [5, 5.41) is 13.8. The van der Waals surface area contributed by atoms with E-state index in [0.29, 0.717) is 13.0 Å². The van der Waals surface area contributed by atoms with Crippen LogP contribution < -0.4 is 5.32 Å². The van der Waals surface area contributed by atoms with Crippen molar-refractivity contribution < 1.29 is 9.90 Å². The summed E-state index contributed by atoms with van der Waals surface area (Å²) in [5.41, 5.74) is 2.48. The summed E-state index contributed by atoms with van der Waals surface area (Å²) < 4.78 is 0. The van der Waals surface area contributed by atoms with Crippen molar-refractivity contribution in [2.45, 2.75) is 37.7 Å². The van der Waals surface area contributed by atoms with Gasteiger partial charge in [0.2, 0.25) is 5.91 Å². The third-order valence-corrected chi connectivity index (χ3v) is 5.57. The van der Waals surface area contributed by atoms with E-state index >= 15 is 0 Å². The second kappa shape index (κ2) is 6.88. The molecule has 1 saturated heterocycles. The SMILES string of the molecule is O=C(C=C1CCSCC1)NCC1(O)CCCc2ccccc21. The molecule has 0 spiro atoms. The normalized spacial score (nSPS) is 24.5. The first-order chi connectivity index (χ1) is 10.7. The molecule has 1 amide bonds. The Morgan fingerprint density at radius 1 is 1.27 bits per heavy atom. The summed E-state index contributed by atoms with van der Waals surface area (Å²) in [4.78, 5) is 12.1. The second-order valence-corrected chi connectivity index (χ2v) is 7.40. The van der Waals surface area contributed by atoms with Gasteiger partial charge >= 0.3 is 0 Å². The zero-order chi connectivity index (χ0) is 15.4. The average molecular weight is 317 g/mol. The second-order valence-electron chi connectivity index (χ2n) is 6.18. The number of nitrogens with one attached hydrogen (secondary N) is 1. The number of aryl methyl sites for hydroxylation is 1. The topological polar surface area (TPSA) is 49.3 Å². The van der Waals surface area contributed by atoms with Crippen LogP contribution in [0.15, 0.2) is 35.9 Å². The molecule has 2 N–H and O–H groups in total. The van der Waals surface area contributed by atoms with Gasteiger partial charge in [-0.05, 0) is 54.7 Å². The highest BCUT2D eigenvalue weighted by Crippen LogP contribution is 2.34. The smallest absolute Gasteiger partial charge is 0.244 e. The fourth-order valence-electron chi connectivity index (χ4n) is 3.33. The van der Waals surface area contributed by atoms with E-state index < -0.39 is 5.60 Å². The molecule has 1 unspecified atom stereocenters. The summed E-state index contributed by atoms with van der Waals surface area (Å²) >= 11 is 1.94. The number of fused-ring (bicyclic) bond motifs is 1. The van der Waals surface area contributed by atoms with Crippen LogP contribution in [0.25, 0.3) is 0 Å². The Hall–Kier alpha value is -1.26. The Balaban J connectivity index is 1.65. The fraction of sp³-hybridized carbons (Fsp3) is 0.500. The minimum atomic E-state index is -0.925. The molecule has 0 radical (unpaired) electrons. The maximum Gasteiger partial charge on any atom is 0.244 e. The molecule has 1 fully saturated rings. The van der Waals surface area contributed by atoms with Crippen LogP contribution in [0.5, 0.6) is 0 Å². The monoisotopic (exact) mass is 317 g/mol. The van der Waals surface area contributed by atoms with E-state index in [4.69, 9.17) is 0 Å². The predicted octanol–water partition coefficient (Wildman–Crippen LogP) is 2.78. The highest BCUT2D eigenvalue weighted by atomic mass is 32.2. The third kappa shape index (κ3) is 3.55. The number of hydrogen-bond acceptors (Lipinski definition) is 3. The van der Waals surface area contributed by atoms with Crippen LogP contribution in [-0.4, -0.2) is 29.1 Å². The lowest BCUT2D eigenvalue weighted by atomic mass is 9.79. The number of carbonyl (C=O) groups is 1. The fourth-order valence-corrected chi connectivity index (χ4v) is 4.35. The lowest BCUT2D eigenvalue weighted by Crippen LogP contribution is -2.42.